The third-order valence-electron chi connectivity index (χ3n) is 5.09. The van der Waals surface area contributed by atoms with Gasteiger partial charge in [-0.05, 0) is 37.3 Å². The van der Waals surface area contributed by atoms with Crippen molar-refractivity contribution < 1.29 is 28.8 Å². The van der Waals surface area contributed by atoms with Gasteiger partial charge < -0.3 is 9.30 Å². The normalized spacial score (nSPS) is 14.1. The van der Waals surface area contributed by atoms with Gasteiger partial charge in [0, 0.05) is 30.5 Å². The van der Waals surface area contributed by atoms with Gasteiger partial charge in [0.1, 0.15) is 6.54 Å². The Balaban J connectivity index is 1.71. The van der Waals surface area contributed by atoms with Gasteiger partial charge in [-0.1, -0.05) is 11.3 Å². The zero-order chi connectivity index (χ0) is 24.4. The third kappa shape index (κ3) is 4.48. The molecule has 2 aromatic carbocycles. The number of esters is 1. The average Bonchev–Trinajstić information content (AvgIpc) is 3.32. The number of amides is 3. The summed E-state index contributed by atoms with van der Waals surface area (Å²) in [6, 6.07) is 10.0. The molecule has 0 unspecified atom stereocenters. The Hall–Kier alpha value is -4.19. The molecule has 0 spiro atoms. The lowest BCUT2D eigenvalue weighted by atomic mass is 10.2. The summed E-state index contributed by atoms with van der Waals surface area (Å²) in [5.74, 6) is -1.76. The van der Waals surface area contributed by atoms with Crippen molar-refractivity contribution in [2.75, 3.05) is 11.5 Å². The van der Waals surface area contributed by atoms with Gasteiger partial charge in [-0.2, -0.15) is 4.99 Å². The number of anilines is 1. The fourth-order valence-electron chi connectivity index (χ4n) is 3.52. The van der Waals surface area contributed by atoms with E-state index in [1.807, 2.05) is 0 Å². The van der Waals surface area contributed by atoms with E-state index in [0.29, 0.717) is 15.9 Å². The van der Waals surface area contributed by atoms with E-state index in [4.69, 9.17) is 4.74 Å². The highest BCUT2D eigenvalue weighted by atomic mass is 32.1. The Bertz CT molecular complexity index is 1390. The number of rotatable bonds is 6. The van der Waals surface area contributed by atoms with Crippen LogP contribution >= 0.6 is 11.3 Å². The lowest BCUT2D eigenvalue weighted by Crippen LogP contribution is -2.28. The first-order chi connectivity index (χ1) is 16.3. The lowest BCUT2D eigenvalue weighted by molar-refractivity contribution is -0.384. The van der Waals surface area contributed by atoms with Crippen LogP contribution in [0, 0.1) is 10.1 Å². The number of aromatic nitrogens is 1. The Labute approximate surface area is 196 Å². The molecule has 1 aliphatic rings. The van der Waals surface area contributed by atoms with Crippen molar-refractivity contribution in [3.8, 4) is 0 Å². The predicted octanol–water partition coefficient (Wildman–Crippen LogP) is 2.57. The zero-order valence-corrected chi connectivity index (χ0v) is 18.7. The van der Waals surface area contributed by atoms with Gasteiger partial charge in [0.15, 0.2) is 4.80 Å². The van der Waals surface area contributed by atoms with Crippen molar-refractivity contribution in [2.45, 2.75) is 26.3 Å². The molecule has 4 rings (SSSR count). The van der Waals surface area contributed by atoms with Crippen molar-refractivity contribution in [1.82, 2.24) is 4.57 Å². The number of fused-ring (bicyclic) bond motifs is 1. The summed E-state index contributed by atoms with van der Waals surface area (Å²) in [6.45, 7) is 1.61. The van der Waals surface area contributed by atoms with Crippen LogP contribution < -0.4 is 9.70 Å². The van der Waals surface area contributed by atoms with Crippen molar-refractivity contribution >= 4 is 56.6 Å². The first-order valence-electron chi connectivity index (χ1n) is 10.3. The van der Waals surface area contributed by atoms with Crippen LogP contribution in [0.1, 0.15) is 30.1 Å². The molecule has 1 saturated heterocycles. The van der Waals surface area contributed by atoms with E-state index >= 15 is 0 Å². The zero-order valence-electron chi connectivity index (χ0n) is 17.9. The number of nitro benzene ring substituents is 1. The van der Waals surface area contributed by atoms with E-state index < -0.39 is 16.8 Å². The van der Waals surface area contributed by atoms with Gasteiger partial charge >= 0.3 is 5.97 Å². The molecule has 0 saturated carbocycles. The number of non-ortho nitro benzene ring substituents is 1. The van der Waals surface area contributed by atoms with Crippen LogP contribution in [-0.4, -0.2) is 39.8 Å². The minimum absolute atomic E-state index is 0.128. The maximum atomic E-state index is 12.8. The highest BCUT2D eigenvalue weighted by molar-refractivity contribution is 7.16. The van der Waals surface area contributed by atoms with Gasteiger partial charge in [0.05, 0.1) is 27.4 Å². The molecule has 3 amide bonds. The van der Waals surface area contributed by atoms with Crippen molar-refractivity contribution in [3.63, 3.8) is 0 Å². The highest BCUT2D eigenvalue weighted by Gasteiger charge is 2.30. The second-order valence-corrected chi connectivity index (χ2v) is 8.28. The van der Waals surface area contributed by atoms with Crippen LogP contribution in [0.3, 0.4) is 0 Å². The monoisotopic (exact) mass is 482 g/mol. The Morgan fingerprint density at radius 2 is 1.79 bits per heavy atom. The van der Waals surface area contributed by atoms with E-state index in [9.17, 15) is 29.3 Å². The average molecular weight is 482 g/mol. The van der Waals surface area contributed by atoms with Crippen LogP contribution in [0.4, 0.5) is 11.4 Å². The number of hydrogen-bond acceptors (Lipinski definition) is 8. The van der Waals surface area contributed by atoms with Gasteiger partial charge in [-0.3, -0.25) is 34.2 Å². The third-order valence-corrected chi connectivity index (χ3v) is 6.13. The summed E-state index contributed by atoms with van der Waals surface area (Å²) in [5.41, 5.74) is 0.942. The van der Waals surface area contributed by atoms with Crippen molar-refractivity contribution in [3.05, 3.63) is 62.9 Å². The first-order valence-corrected chi connectivity index (χ1v) is 11.1. The van der Waals surface area contributed by atoms with Crippen LogP contribution in [0.2, 0.25) is 0 Å². The maximum Gasteiger partial charge on any atom is 0.326 e. The topological polar surface area (TPSA) is 141 Å². The fourth-order valence-corrected chi connectivity index (χ4v) is 4.58. The standard InChI is InChI=1S/C22H18N4O7S/c1-2-33-20(29)12-24-16-8-7-15(26(31)32)11-17(16)34-22(24)23-21(30)13-3-5-14(6-4-13)25-18(27)9-10-19(25)28/h3-8,11H,2,9-10,12H2,1H3. The summed E-state index contributed by atoms with van der Waals surface area (Å²) in [6.07, 6.45) is 0.304. The summed E-state index contributed by atoms with van der Waals surface area (Å²) >= 11 is 1.03. The lowest BCUT2D eigenvalue weighted by Gasteiger charge is -2.13. The van der Waals surface area contributed by atoms with Crippen LogP contribution in [0.5, 0.6) is 0 Å². The smallest absolute Gasteiger partial charge is 0.326 e. The number of nitro groups is 1. The minimum Gasteiger partial charge on any atom is -0.465 e. The summed E-state index contributed by atoms with van der Waals surface area (Å²) in [7, 11) is 0. The Morgan fingerprint density at radius 1 is 1.12 bits per heavy atom. The highest BCUT2D eigenvalue weighted by Crippen LogP contribution is 2.25. The molecule has 0 radical (unpaired) electrons. The molecular weight excluding hydrogens is 464 g/mol. The number of carbonyl (C=O) groups is 4. The minimum atomic E-state index is -0.621. The van der Waals surface area contributed by atoms with Crippen LogP contribution in [-0.2, 0) is 25.7 Å². The number of carbonyl (C=O) groups excluding carboxylic acids is 4. The molecule has 0 aliphatic carbocycles. The van der Waals surface area contributed by atoms with Crippen LogP contribution in [0.25, 0.3) is 10.2 Å². The molecule has 3 aromatic rings. The largest absolute Gasteiger partial charge is 0.465 e. The molecule has 0 atom stereocenters. The van der Waals surface area contributed by atoms with Gasteiger partial charge in [-0.25, -0.2) is 0 Å². The number of imide groups is 1. The van der Waals surface area contributed by atoms with E-state index in [1.165, 1.54) is 47.0 Å². The van der Waals surface area contributed by atoms with E-state index in [1.54, 1.807) is 6.92 Å². The maximum absolute atomic E-state index is 12.8. The van der Waals surface area contributed by atoms with Gasteiger partial charge in [-0.15, -0.1) is 0 Å². The summed E-state index contributed by atoms with van der Waals surface area (Å²) in [5, 5.41) is 11.1. The Morgan fingerprint density at radius 3 is 2.41 bits per heavy atom. The number of hydrogen-bond donors (Lipinski definition) is 0. The number of ether oxygens (including phenoxy) is 1. The predicted molar refractivity (Wildman–Crippen MR) is 121 cm³/mol. The van der Waals surface area contributed by atoms with Gasteiger partial charge in [0.25, 0.3) is 11.6 Å². The van der Waals surface area contributed by atoms with E-state index in [0.717, 1.165) is 16.2 Å². The second kappa shape index (κ2) is 9.35. The van der Waals surface area contributed by atoms with Crippen molar-refractivity contribution in [2.24, 2.45) is 4.99 Å². The molecule has 11 nitrogen and oxygen atoms in total. The molecule has 174 valence electrons. The molecule has 2 heterocycles. The fraction of sp³-hybridized carbons (Fsp3) is 0.227. The molecule has 12 heteroatoms. The SMILES string of the molecule is CCOC(=O)Cn1c(=NC(=O)c2ccc(N3C(=O)CCC3=O)cc2)sc2cc([N+](=O)[O-])ccc21. The molecule has 1 aliphatic heterocycles. The molecule has 1 fully saturated rings. The van der Waals surface area contributed by atoms with Gasteiger partial charge in [0.2, 0.25) is 11.8 Å². The quantitative estimate of drug-likeness (QED) is 0.227. The number of benzene rings is 2. The molecule has 0 N–H and O–H groups in total. The van der Waals surface area contributed by atoms with E-state index in [-0.39, 0.29) is 53.9 Å². The first kappa shape index (κ1) is 23.0. The summed E-state index contributed by atoms with van der Waals surface area (Å²) in [4.78, 5) is 64.8. The van der Waals surface area contributed by atoms with Crippen LogP contribution in [0.15, 0.2) is 47.5 Å². The summed E-state index contributed by atoms with van der Waals surface area (Å²) < 4.78 is 6.95. The second-order valence-electron chi connectivity index (χ2n) is 7.27. The molecule has 1 aromatic heterocycles. The molecule has 0 bridgehead atoms. The van der Waals surface area contributed by atoms with Crippen molar-refractivity contribution in [1.29, 1.82) is 0 Å². The molecular formula is C22H18N4O7S. The number of thiazole rings is 1. The van der Waals surface area contributed by atoms with E-state index in [2.05, 4.69) is 4.99 Å². The Kier molecular flexibility index (Phi) is 6.32. The number of nitrogens with zero attached hydrogens (tertiary/aromatic N) is 4. The molecule has 34 heavy (non-hydrogen) atoms.